The van der Waals surface area contributed by atoms with Gasteiger partial charge >= 0.3 is 0 Å². The summed E-state index contributed by atoms with van der Waals surface area (Å²) in [5, 5.41) is 10.7. The summed E-state index contributed by atoms with van der Waals surface area (Å²) in [4.78, 5) is 10.1. The van der Waals surface area contributed by atoms with Crippen LogP contribution in [0.5, 0.6) is 0 Å². The predicted molar refractivity (Wildman–Crippen MR) is 79.3 cm³/mol. The van der Waals surface area contributed by atoms with Crippen molar-refractivity contribution in [2.45, 2.75) is 37.6 Å². The van der Waals surface area contributed by atoms with E-state index in [1.54, 1.807) is 0 Å². The van der Waals surface area contributed by atoms with E-state index in [1.165, 1.54) is 16.4 Å². The highest BCUT2D eigenvalue weighted by atomic mass is 32.2. The highest BCUT2D eigenvalue weighted by Gasteiger charge is 2.37. The maximum absolute atomic E-state index is 12.7. The van der Waals surface area contributed by atoms with Crippen LogP contribution in [-0.2, 0) is 10.0 Å². The lowest BCUT2D eigenvalue weighted by molar-refractivity contribution is -0.383. The smallest absolute Gasteiger partial charge is 0.292 e. The van der Waals surface area contributed by atoms with Crippen molar-refractivity contribution in [1.29, 1.82) is 0 Å². The molecule has 0 aromatic heterocycles. The summed E-state index contributed by atoms with van der Waals surface area (Å²) in [5.41, 5.74) is 5.17. The molecule has 1 saturated heterocycles. The summed E-state index contributed by atoms with van der Waals surface area (Å²) < 4.78 is 26.9. The molecular weight excluding hydrogens is 294 g/mol. The fourth-order valence-electron chi connectivity index (χ4n) is 2.73. The van der Waals surface area contributed by atoms with Gasteiger partial charge in [-0.2, -0.15) is 4.31 Å². The van der Waals surface area contributed by atoms with Crippen molar-refractivity contribution in [2.24, 2.45) is 5.92 Å². The molecule has 1 aliphatic rings. The number of nitro benzene ring substituents is 1. The van der Waals surface area contributed by atoms with Crippen LogP contribution >= 0.6 is 0 Å². The standard InChI is InChI=1S/C13H19N3O4S/c1-9(2)12-4-3-7-15(12)21(19,20)10-5-6-13(16(17)18)11(14)8-10/h5-6,8-9,12H,3-4,7,14H2,1-2H3. The Morgan fingerprint density at radius 2 is 2.10 bits per heavy atom. The monoisotopic (exact) mass is 313 g/mol. The number of anilines is 1. The Labute approximate surface area is 123 Å². The largest absolute Gasteiger partial charge is 0.393 e. The lowest BCUT2D eigenvalue weighted by Gasteiger charge is -2.26. The van der Waals surface area contributed by atoms with E-state index in [4.69, 9.17) is 5.73 Å². The number of nitrogen functional groups attached to an aromatic ring is 1. The van der Waals surface area contributed by atoms with E-state index in [-0.39, 0.29) is 28.2 Å². The molecule has 7 nitrogen and oxygen atoms in total. The quantitative estimate of drug-likeness (QED) is 0.519. The first-order valence-electron chi connectivity index (χ1n) is 6.81. The summed E-state index contributed by atoms with van der Waals surface area (Å²) in [5.74, 6) is 0.220. The molecule has 0 bridgehead atoms. The van der Waals surface area contributed by atoms with E-state index >= 15 is 0 Å². The Bertz CT molecular complexity index is 657. The number of rotatable bonds is 4. The normalized spacial score (nSPS) is 20.0. The first kappa shape index (κ1) is 15.7. The number of nitrogens with two attached hydrogens (primary N) is 1. The molecule has 0 amide bonds. The average Bonchev–Trinajstić information content (AvgIpc) is 2.88. The molecule has 1 aromatic rings. The maximum atomic E-state index is 12.7. The second kappa shape index (κ2) is 5.61. The Hall–Kier alpha value is -1.67. The van der Waals surface area contributed by atoms with Gasteiger partial charge in [0, 0.05) is 18.7 Å². The summed E-state index contributed by atoms with van der Waals surface area (Å²) in [6.07, 6.45) is 1.66. The molecule has 8 heteroatoms. The molecule has 1 aromatic carbocycles. The number of sulfonamides is 1. The molecule has 1 aliphatic heterocycles. The van der Waals surface area contributed by atoms with E-state index in [0.29, 0.717) is 6.54 Å². The third-order valence-electron chi connectivity index (χ3n) is 3.82. The second-order valence-corrected chi connectivity index (χ2v) is 7.44. The Morgan fingerprint density at radius 1 is 1.43 bits per heavy atom. The van der Waals surface area contributed by atoms with Crippen LogP contribution in [0.1, 0.15) is 26.7 Å². The van der Waals surface area contributed by atoms with Crippen molar-refractivity contribution in [3.63, 3.8) is 0 Å². The van der Waals surface area contributed by atoms with Crippen LogP contribution < -0.4 is 5.73 Å². The molecule has 0 spiro atoms. The van der Waals surface area contributed by atoms with Gasteiger partial charge in [0.2, 0.25) is 10.0 Å². The first-order valence-corrected chi connectivity index (χ1v) is 8.25. The van der Waals surface area contributed by atoms with E-state index in [0.717, 1.165) is 18.9 Å². The number of nitro groups is 1. The number of benzene rings is 1. The predicted octanol–water partition coefficient (Wildman–Crippen LogP) is 1.99. The van der Waals surface area contributed by atoms with Crippen molar-refractivity contribution in [1.82, 2.24) is 4.31 Å². The minimum atomic E-state index is -3.67. The minimum absolute atomic E-state index is 0.0122. The molecule has 1 atom stereocenters. The SMILES string of the molecule is CC(C)C1CCCN1S(=O)(=O)c1ccc([N+](=O)[O-])c(N)c1. The molecule has 21 heavy (non-hydrogen) atoms. The van der Waals surface area contributed by atoms with Gasteiger partial charge < -0.3 is 5.73 Å². The summed E-state index contributed by atoms with van der Waals surface area (Å²) in [7, 11) is -3.67. The van der Waals surface area contributed by atoms with Crippen LogP contribution in [0.3, 0.4) is 0 Å². The molecule has 0 radical (unpaired) electrons. The first-order chi connectivity index (χ1) is 9.75. The highest BCUT2D eigenvalue weighted by Crippen LogP contribution is 2.32. The van der Waals surface area contributed by atoms with E-state index < -0.39 is 14.9 Å². The topological polar surface area (TPSA) is 107 Å². The van der Waals surface area contributed by atoms with Gasteiger partial charge in [0.25, 0.3) is 5.69 Å². The van der Waals surface area contributed by atoms with Gasteiger partial charge in [-0.15, -0.1) is 0 Å². The molecule has 1 heterocycles. The molecule has 1 fully saturated rings. The lowest BCUT2D eigenvalue weighted by atomic mass is 10.0. The fraction of sp³-hybridized carbons (Fsp3) is 0.538. The number of hydrogen-bond donors (Lipinski definition) is 1. The van der Waals surface area contributed by atoms with Crippen LogP contribution in [-0.4, -0.2) is 30.2 Å². The van der Waals surface area contributed by atoms with Gasteiger partial charge in [-0.1, -0.05) is 13.8 Å². The van der Waals surface area contributed by atoms with Crippen LogP contribution in [0.2, 0.25) is 0 Å². The van der Waals surface area contributed by atoms with Crippen LogP contribution in [0.15, 0.2) is 23.1 Å². The third-order valence-corrected chi connectivity index (χ3v) is 5.74. The van der Waals surface area contributed by atoms with Crippen LogP contribution in [0.4, 0.5) is 11.4 Å². The van der Waals surface area contributed by atoms with Gasteiger partial charge in [-0.3, -0.25) is 10.1 Å². The Morgan fingerprint density at radius 3 is 2.62 bits per heavy atom. The van der Waals surface area contributed by atoms with Crippen molar-refractivity contribution >= 4 is 21.4 Å². The molecular formula is C13H19N3O4S. The molecule has 1 unspecified atom stereocenters. The van der Waals surface area contributed by atoms with Gasteiger partial charge in [-0.05, 0) is 30.9 Å². The van der Waals surface area contributed by atoms with Gasteiger partial charge in [0.1, 0.15) is 5.69 Å². The Balaban J connectivity index is 2.40. The van der Waals surface area contributed by atoms with Crippen LogP contribution in [0.25, 0.3) is 0 Å². The summed E-state index contributed by atoms with van der Waals surface area (Å²) in [6.45, 7) is 4.45. The molecule has 2 N–H and O–H groups in total. The van der Waals surface area contributed by atoms with Crippen molar-refractivity contribution in [2.75, 3.05) is 12.3 Å². The fourth-order valence-corrected chi connectivity index (χ4v) is 4.59. The van der Waals surface area contributed by atoms with Crippen molar-refractivity contribution in [3.05, 3.63) is 28.3 Å². The number of nitrogens with zero attached hydrogens (tertiary/aromatic N) is 2. The van der Waals surface area contributed by atoms with E-state index in [9.17, 15) is 18.5 Å². The van der Waals surface area contributed by atoms with Crippen molar-refractivity contribution < 1.29 is 13.3 Å². The zero-order chi connectivity index (χ0) is 15.8. The van der Waals surface area contributed by atoms with Crippen LogP contribution in [0, 0.1) is 16.0 Å². The van der Waals surface area contributed by atoms with Crippen molar-refractivity contribution in [3.8, 4) is 0 Å². The lowest BCUT2D eigenvalue weighted by Crippen LogP contribution is -2.38. The average molecular weight is 313 g/mol. The molecule has 0 saturated carbocycles. The molecule has 0 aliphatic carbocycles. The Kier molecular flexibility index (Phi) is 4.20. The van der Waals surface area contributed by atoms with Gasteiger partial charge in [0.15, 0.2) is 0 Å². The minimum Gasteiger partial charge on any atom is -0.393 e. The molecule has 2 rings (SSSR count). The second-order valence-electron chi connectivity index (χ2n) is 5.55. The third kappa shape index (κ3) is 2.86. The summed E-state index contributed by atoms with van der Waals surface area (Å²) in [6, 6.07) is 3.53. The van der Waals surface area contributed by atoms with E-state index in [1.807, 2.05) is 13.8 Å². The zero-order valence-corrected chi connectivity index (χ0v) is 12.8. The molecule has 116 valence electrons. The zero-order valence-electron chi connectivity index (χ0n) is 12.0. The van der Waals surface area contributed by atoms with Gasteiger partial charge in [0.05, 0.1) is 9.82 Å². The van der Waals surface area contributed by atoms with Gasteiger partial charge in [-0.25, -0.2) is 8.42 Å². The van der Waals surface area contributed by atoms with E-state index in [2.05, 4.69) is 0 Å². The summed E-state index contributed by atoms with van der Waals surface area (Å²) >= 11 is 0. The number of hydrogen-bond acceptors (Lipinski definition) is 5. The highest BCUT2D eigenvalue weighted by molar-refractivity contribution is 7.89. The maximum Gasteiger partial charge on any atom is 0.292 e.